The van der Waals surface area contributed by atoms with Crippen LogP contribution >= 0.6 is 11.6 Å². The molecule has 3 aromatic carbocycles. The van der Waals surface area contributed by atoms with E-state index in [0.29, 0.717) is 28.3 Å². The number of rotatable bonds is 7. The molecule has 2 N–H and O–H groups in total. The largest absolute Gasteiger partial charge is 0.494 e. The van der Waals surface area contributed by atoms with Crippen molar-refractivity contribution in [3.8, 4) is 5.75 Å². The number of furan rings is 1. The number of benzene rings is 3. The molecule has 4 rings (SSSR count). The van der Waals surface area contributed by atoms with Crippen molar-refractivity contribution in [3.05, 3.63) is 99.3 Å². The summed E-state index contributed by atoms with van der Waals surface area (Å²) in [4.78, 5) is 35.4. The molecule has 0 aliphatic carbocycles. The number of nitro benzene ring substituents is 1. The van der Waals surface area contributed by atoms with Crippen molar-refractivity contribution in [2.75, 3.05) is 17.7 Å². The average molecular weight is 492 g/mol. The van der Waals surface area contributed by atoms with Crippen LogP contribution in [0.25, 0.3) is 17.0 Å². The number of fused-ring (bicyclic) bond motifs is 1. The minimum atomic E-state index is -0.597. The van der Waals surface area contributed by atoms with Gasteiger partial charge in [0.1, 0.15) is 16.4 Å². The van der Waals surface area contributed by atoms with Gasteiger partial charge >= 0.3 is 0 Å². The van der Waals surface area contributed by atoms with Gasteiger partial charge in [0, 0.05) is 29.3 Å². The number of nitrogens with zero attached hydrogens (tertiary/aromatic N) is 1. The van der Waals surface area contributed by atoms with Gasteiger partial charge in [-0.3, -0.25) is 19.7 Å². The third-order valence-electron chi connectivity index (χ3n) is 4.96. The van der Waals surface area contributed by atoms with Gasteiger partial charge in [-0.05, 0) is 42.0 Å². The van der Waals surface area contributed by atoms with Crippen molar-refractivity contribution in [1.29, 1.82) is 0 Å². The lowest BCUT2D eigenvalue weighted by Crippen LogP contribution is -2.12. The highest BCUT2D eigenvalue weighted by Crippen LogP contribution is 2.29. The highest BCUT2D eigenvalue weighted by Gasteiger charge is 2.15. The third kappa shape index (κ3) is 5.48. The zero-order chi connectivity index (χ0) is 24.9. The fraction of sp³-hybridized carbons (Fsp3) is 0.0400. The van der Waals surface area contributed by atoms with Crippen LogP contribution in [0.2, 0.25) is 5.02 Å². The number of methoxy groups -OCH3 is 1. The Hall–Kier alpha value is -4.63. The molecule has 0 saturated heterocycles. The van der Waals surface area contributed by atoms with Gasteiger partial charge in [0.05, 0.1) is 17.7 Å². The van der Waals surface area contributed by atoms with Crippen LogP contribution in [0.1, 0.15) is 16.1 Å². The van der Waals surface area contributed by atoms with E-state index in [1.54, 1.807) is 36.4 Å². The minimum absolute atomic E-state index is 0.0104. The Morgan fingerprint density at radius 3 is 2.60 bits per heavy atom. The molecule has 2 amide bonds. The van der Waals surface area contributed by atoms with Gasteiger partial charge in [-0.1, -0.05) is 35.9 Å². The molecule has 0 saturated carbocycles. The first-order valence-electron chi connectivity index (χ1n) is 10.2. The topological polar surface area (TPSA) is 124 Å². The number of hydrogen-bond acceptors (Lipinski definition) is 6. The normalized spacial score (nSPS) is 10.9. The highest BCUT2D eigenvalue weighted by molar-refractivity contribution is 6.32. The lowest BCUT2D eigenvalue weighted by molar-refractivity contribution is -0.384. The maximum absolute atomic E-state index is 12.6. The summed E-state index contributed by atoms with van der Waals surface area (Å²) < 4.78 is 10.9. The first-order valence-corrected chi connectivity index (χ1v) is 10.6. The molecule has 0 atom stereocenters. The average Bonchev–Trinajstić information content (AvgIpc) is 3.29. The monoisotopic (exact) mass is 491 g/mol. The smallest absolute Gasteiger partial charge is 0.291 e. The lowest BCUT2D eigenvalue weighted by Gasteiger charge is -2.11. The predicted molar refractivity (Wildman–Crippen MR) is 133 cm³/mol. The SMILES string of the molecule is COc1cc(NC(=O)/C=C/c2ccc(Cl)c([N+](=O)[O-])c2)ccc1NC(=O)c1cc2ccccc2o1. The first-order chi connectivity index (χ1) is 16.8. The van der Waals surface area contributed by atoms with Crippen molar-refractivity contribution >= 4 is 57.5 Å². The third-order valence-corrected chi connectivity index (χ3v) is 5.28. The number of ether oxygens (including phenoxy) is 1. The molecule has 4 aromatic rings. The summed E-state index contributed by atoms with van der Waals surface area (Å²) in [6.45, 7) is 0. The van der Waals surface area contributed by atoms with Crippen LogP contribution in [0.4, 0.5) is 17.1 Å². The summed E-state index contributed by atoms with van der Waals surface area (Å²) in [5.41, 5.74) is 1.60. The number of carbonyl (C=O) groups is 2. The first kappa shape index (κ1) is 23.5. The van der Waals surface area contributed by atoms with Crippen LogP contribution < -0.4 is 15.4 Å². The van der Waals surface area contributed by atoms with Crippen LogP contribution in [0.5, 0.6) is 5.75 Å². The maximum atomic E-state index is 12.6. The van der Waals surface area contributed by atoms with Crippen molar-refractivity contribution in [3.63, 3.8) is 0 Å². The molecule has 9 nitrogen and oxygen atoms in total. The van der Waals surface area contributed by atoms with E-state index < -0.39 is 16.7 Å². The molecule has 0 spiro atoms. The van der Waals surface area contributed by atoms with Gasteiger partial charge in [-0.25, -0.2) is 0 Å². The molecule has 1 heterocycles. The molecule has 0 radical (unpaired) electrons. The summed E-state index contributed by atoms with van der Waals surface area (Å²) in [6, 6.07) is 17.9. The van der Waals surface area contributed by atoms with Crippen LogP contribution in [-0.2, 0) is 4.79 Å². The summed E-state index contributed by atoms with van der Waals surface area (Å²) in [7, 11) is 1.44. The Balaban J connectivity index is 1.44. The Kier molecular flexibility index (Phi) is 6.79. The molecule has 35 heavy (non-hydrogen) atoms. The highest BCUT2D eigenvalue weighted by atomic mass is 35.5. The molecular weight excluding hydrogens is 474 g/mol. The number of halogens is 1. The second-order valence-electron chi connectivity index (χ2n) is 7.31. The fourth-order valence-electron chi connectivity index (χ4n) is 3.28. The number of amides is 2. The zero-order valence-corrected chi connectivity index (χ0v) is 19.0. The lowest BCUT2D eigenvalue weighted by atomic mass is 10.2. The quantitative estimate of drug-likeness (QED) is 0.188. The molecule has 10 heteroatoms. The molecule has 0 unspecified atom stereocenters. The van der Waals surface area contributed by atoms with Gasteiger partial charge in [0.2, 0.25) is 5.91 Å². The molecule has 176 valence electrons. The number of carbonyl (C=O) groups excluding carboxylic acids is 2. The van der Waals surface area contributed by atoms with Crippen LogP contribution in [0.3, 0.4) is 0 Å². The second kappa shape index (κ2) is 10.1. The van der Waals surface area contributed by atoms with E-state index in [9.17, 15) is 19.7 Å². The predicted octanol–water partition coefficient (Wildman–Crippen LogP) is 5.91. The Morgan fingerprint density at radius 2 is 1.86 bits per heavy atom. The Bertz CT molecular complexity index is 1440. The van der Waals surface area contributed by atoms with E-state index in [2.05, 4.69) is 10.6 Å². The molecule has 0 bridgehead atoms. The van der Waals surface area contributed by atoms with Crippen molar-refractivity contribution in [1.82, 2.24) is 0 Å². The van der Waals surface area contributed by atoms with Crippen molar-refractivity contribution in [2.24, 2.45) is 0 Å². The van der Waals surface area contributed by atoms with Crippen LogP contribution in [0, 0.1) is 10.1 Å². The van der Waals surface area contributed by atoms with Crippen molar-refractivity contribution < 1.29 is 23.7 Å². The Morgan fingerprint density at radius 1 is 1.06 bits per heavy atom. The molecule has 0 fully saturated rings. The molecule has 0 aliphatic heterocycles. The van der Waals surface area contributed by atoms with Gasteiger partial charge < -0.3 is 19.8 Å². The number of hydrogen-bond donors (Lipinski definition) is 2. The summed E-state index contributed by atoms with van der Waals surface area (Å²) in [6.07, 6.45) is 2.66. The van der Waals surface area contributed by atoms with Gasteiger partial charge in [-0.2, -0.15) is 0 Å². The van der Waals surface area contributed by atoms with E-state index >= 15 is 0 Å². The fourth-order valence-corrected chi connectivity index (χ4v) is 3.47. The van der Waals surface area contributed by atoms with E-state index in [4.69, 9.17) is 20.8 Å². The van der Waals surface area contributed by atoms with Crippen LogP contribution in [0.15, 0.2) is 77.2 Å². The van der Waals surface area contributed by atoms with Gasteiger partial charge in [0.15, 0.2) is 5.76 Å². The van der Waals surface area contributed by atoms with Crippen molar-refractivity contribution in [2.45, 2.75) is 0 Å². The summed E-state index contributed by atoms with van der Waals surface area (Å²) in [5.74, 6) is -0.442. The van der Waals surface area contributed by atoms with E-state index in [-0.39, 0.29) is 16.5 Å². The molecular formula is C25H18ClN3O6. The van der Waals surface area contributed by atoms with Gasteiger partial charge in [0.25, 0.3) is 11.6 Å². The van der Waals surface area contributed by atoms with Gasteiger partial charge in [-0.15, -0.1) is 0 Å². The van der Waals surface area contributed by atoms with E-state index in [1.807, 2.05) is 18.2 Å². The number of para-hydroxylation sites is 1. The molecule has 0 aliphatic rings. The zero-order valence-electron chi connectivity index (χ0n) is 18.3. The standard InChI is InChI=1S/C25H18ClN3O6/c1-34-22-14-17(27-24(30)11-7-15-6-9-18(26)20(12-15)29(32)33)8-10-19(22)28-25(31)23-13-16-4-2-3-5-21(16)35-23/h2-14H,1H3,(H,27,30)(H,28,31)/b11-7+. The minimum Gasteiger partial charge on any atom is -0.494 e. The van der Waals surface area contributed by atoms with Crippen LogP contribution in [-0.4, -0.2) is 23.8 Å². The second-order valence-corrected chi connectivity index (χ2v) is 7.72. The van der Waals surface area contributed by atoms with E-state index in [1.165, 1.54) is 31.4 Å². The molecule has 1 aromatic heterocycles. The summed E-state index contributed by atoms with van der Waals surface area (Å²) in [5, 5.41) is 17.2. The number of nitrogens with one attached hydrogen (secondary N) is 2. The number of anilines is 2. The number of nitro groups is 1. The van der Waals surface area contributed by atoms with E-state index in [0.717, 1.165) is 5.39 Å². The Labute approximate surface area is 204 Å². The maximum Gasteiger partial charge on any atom is 0.291 e. The summed E-state index contributed by atoms with van der Waals surface area (Å²) >= 11 is 5.80.